The van der Waals surface area contributed by atoms with Gasteiger partial charge in [0, 0.05) is 18.4 Å². The number of rotatable bonds is 4. The van der Waals surface area contributed by atoms with Gasteiger partial charge in [0.25, 0.3) is 5.91 Å². The summed E-state index contributed by atoms with van der Waals surface area (Å²) in [5, 5.41) is 12.8. The molecule has 9 heteroatoms. The van der Waals surface area contributed by atoms with E-state index in [2.05, 4.69) is 15.7 Å². The number of hydrogen-bond donors (Lipinski definition) is 2. The van der Waals surface area contributed by atoms with Gasteiger partial charge in [-0.1, -0.05) is 6.07 Å². The molecule has 0 aliphatic carbocycles. The van der Waals surface area contributed by atoms with Gasteiger partial charge in [-0.25, -0.2) is 9.78 Å². The summed E-state index contributed by atoms with van der Waals surface area (Å²) in [6, 6.07) is 12.6. The molecular formula is C24H25N5O3S. The van der Waals surface area contributed by atoms with Crippen LogP contribution in [-0.2, 0) is 11.8 Å². The zero-order chi connectivity index (χ0) is 23.8. The smallest absolute Gasteiger partial charge is 0.412 e. The lowest BCUT2D eigenvalue weighted by molar-refractivity contribution is 0.0635. The van der Waals surface area contributed by atoms with E-state index in [-0.39, 0.29) is 5.91 Å². The maximum absolute atomic E-state index is 13.3. The summed E-state index contributed by atoms with van der Waals surface area (Å²) in [7, 11) is 1.82. The predicted molar refractivity (Wildman–Crippen MR) is 131 cm³/mol. The van der Waals surface area contributed by atoms with Gasteiger partial charge in [0.2, 0.25) is 0 Å². The molecule has 0 aliphatic heterocycles. The summed E-state index contributed by atoms with van der Waals surface area (Å²) in [6.07, 6.45) is -0.536. The van der Waals surface area contributed by atoms with Crippen LogP contribution in [0.3, 0.4) is 0 Å². The van der Waals surface area contributed by atoms with Crippen LogP contribution in [0.2, 0.25) is 0 Å². The van der Waals surface area contributed by atoms with Crippen LogP contribution >= 0.6 is 11.3 Å². The van der Waals surface area contributed by atoms with Gasteiger partial charge in [-0.2, -0.15) is 5.10 Å². The number of anilines is 2. The molecule has 3 aromatic heterocycles. The molecule has 0 aliphatic rings. The topological polar surface area (TPSA) is 98.1 Å². The van der Waals surface area contributed by atoms with Crippen molar-refractivity contribution in [3.63, 3.8) is 0 Å². The molecule has 2 amide bonds. The number of thiophene rings is 1. The minimum Gasteiger partial charge on any atom is -0.444 e. The Hall–Kier alpha value is -3.72. The quantitative estimate of drug-likeness (QED) is 0.410. The largest absolute Gasteiger partial charge is 0.444 e. The highest BCUT2D eigenvalue weighted by atomic mass is 32.1. The highest BCUT2D eigenvalue weighted by Gasteiger charge is 2.20. The third-order valence-corrected chi connectivity index (χ3v) is 5.67. The number of carbonyl (C=O) groups is 2. The zero-order valence-corrected chi connectivity index (χ0v) is 19.9. The molecule has 1 aromatic carbocycles. The summed E-state index contributed by atoms with van der Waals surface area (Å²) in [6.45, 7) is 7.27. The Bertz CT molecular complexity index is 1320. The summed E-state index contributed by atoms with van der Waals surface area (Å²) >= 11 is 1.56. The molecule has 0 saturated heterocycles. The summed E-state index contributed by atoms with van der Waals surface area (Å²) in [4.78, 5) is 30.9. The van der Waals surface area contributed by atoms with Crippen LogP contribution in [-0.4, -0.2) is 32.4 Å². The number of nitrogens with one attached hydrogen (secondary N) is 2. The van der Waals surface area contributed by atoms with Crippen LogP contribution < -0.4 is 10.6 Å². The minimum atomic E-state index is -0.583. The number of amides is 2. The maximum atomic E-state index is 13.3. The second-order valence-electron chi connectivity index (χ2n) is 8.60. The normalized spacial score (nSPS) is 11.4. The van der Waals surface area contributed by atoms with Crippen LogP contribution in [0.1, 0.15) is 36.8 Å². The Morgan fingerprint density at radius 3 is 2.33 bits per heavy atom. The first-order valence-electron chi connectivity index (χ1n) is 10.4. The number of fused-ring (bicyclic) bond motifs is 1. The first kappa shape index (κ1) is 22.5. The van der Waals surface area contributed by atoms with Crippen molar-refractivity contribution in [3.05, 3.63) is 59.1 Å². The molecule has 0 unspecified atom stereocenters. The van der Waals surface area contributed by atoms with Crippen LogP contribution in [0, 0.1) is 6.92 Å². The fourth-order valence-corrected chi connectivity index (χ4v) is 4.12. The molecule has 0 spiro atoms. The van der Waals surface area contributed by atoms with Gasteiger partial charge in [0.15, 0.2) is 5.65 Å². The highest BCUT2D eigenvalue weighted by Crippen LogP contribution is 2.30. The Balaban J connectivity index is 1.58. The van der Waals surface area contributed by atoms with Gasteiger partial charge in [0.05, 0.1) is 27.2 Å². The number of benzene rings is 1. The second-order valence-corrected chi connectivity index (χ2v) is 9.55. The van der Waals surface area contributed by atoms with E-state index in [4.69, 9.17) is 9.72 Å². The zero-order valence-electron chi connectivity index (χ0n) is 19.1. The standard InChI is InChI=1S/C24H25N5O3S/c1-14-20-17(13-18(19-7-6-12-33-19)27-21(20)29(5)28-14)22(30)25-15-8-10-16(11-9-15)26-23(31)32-24(2,3)4/h6-13H,1-5H3,(H,25,30)(H,26,31). The third-order valence-electron chi connectivity index (χ3n) is 4.77. The van der Waals surface area contributed by atoms with Crippen molar-refractivity contribution >= 4 is 45.7 Å². The monoisotopic (exact) mass is 463 g/mol. The summed E-state index contributed by atoms with van der Waals surface area (Å²) in [5.74, 6) is -0.260. The Morgan fingerprint density at radius 1 is 1.06 bits per heavy atom. The molecule has 4 aromatic rings. The summed E-state index contributed by atoms with van der Waals surface area (Å²) in [5.41, 5.74) is 3.20. The van der Waals surface area contributed by atoms with Crippen LogP contribution in [0.4, 0.5) is 16.2 Å². The Morgan fingerprint density at radius 2 is 1.73 bits per heavy atom. The molecule has 170 valence electrons. The van der Waals surface area contributed by atoms with E-state index < -0.39 is 11.7 Å². The Kier molecular flexibility index (Phi) is 5.90. The van der Waals surface area contributed by atoms with Crippen molar-refractivity contribution in [1.82, 2.24) is 14.8 Å². The van der Waals surface area contributed by atoms with Gasteiger partial charge in [0.1, 0.15) is 5.60 Å². The van der Waals surface area contributed by atoms with Crippen molar-refractivity contribution in [2.75, 3.05) is 10.6 Å². The fourth-order valence-electron chi connectivity index (χ4n) is 3.43. The van der Waals surface area contributed by atoms with E-state index in [9.17, 15) is 9.59 Å². The third kappa shape index (κ3) is 5.04. The number of pyridine rings is 1. The lowest BCUT2D eigenvalue weighted by Crippen LogP contribution is -2.27. The van der Waals surface area contributed by atoms with Gasteiger partial charge in [-0.15, -0.1) is 11.3 Å². The van der Waals surface area contributed by atoms with E-state index in [1.54, 1.807) is 67.1 Å². The molecule has 4 rings (SSSR count). The number of aromatic nitrogens is 3. The van der Waals surface area contributed by atoms with Gasteiger partial charge >= 0.3 is 6.09 Å². The van der Waals surface area contributed by atoms with Crippen molar-refractivity contribution in [3.8, 4) is 10.6 Å². The average Bonchev–Trinajstić information content (AvgIpc) is 3.36. The van der Waals surface area contributed by atoms with Crippen molar-refractivity contribution in [2.24, 2.45) is 7.05 Å². The van der Waals surface area contributed by atoms with Gasteiger partial charge in [-0.05, 0) is 69.5 Å². The number of aryl methyl sites for hydroxylation is 2. The van der Waals surface area contributed by atoms with Crippen LogP contribution in [0.5, 0.6) is 0 Å². The van der Waals surface area contributed by atoms with E-state index in [1.807, 2.05) is 31.5 Å². The molecule has 33 heavy (non-hydrogen) atoms. The SMILES string of the molecule is Cc1nn(C)c2nc(-c3cccs3)cc(C(=O)Nc3ccc(NC(=O)OC(C)(C)C)cc3)c12. The first-order valence-corrected chi connectivity index (χ1v) is 11.3. The van der Waals surface area contributed by atoms with Crippen LogP contribution in [0.25, 0.3) is 21.6 Å². The molecular weight excluding hydrogens is 438 g/mol. The van der Waals surface area contributed by atoms with Crippen molar-refractivity contribution in [1.29, 1.82) is 0 Å². The molecule has 0 fully saturated rings. The minimum absolute atomic E-state index is 0.260. The van der Waals surface area contributed by atoms with Crippen molar-refractivity contribution in [2.45, 2.75) is 33.3 Å². The first-order chi connectivity index (χ1) is 15.6. The second kappa shape index (κ2) is 8.67. The molecule has 3 heterocycles. The highest BCUT2D eigenvalue weighted by molar-refractivity contribution is 7.13. The fraction of sp³-hybridized carbons (Fsp3) is 0.250. The molecule has 2 N–H and O–H groups in total. The van der Waals surface area contributed by atoms with Crippen LogP contribution in [0.15, 0.2) is 47.8 Å². The molecule has 0 atom stereocenters. The van der Waals surface area contributed by atoms with Gasteiger partial charge < -0.3 is 10.1 Å². The van der Waals surface area contributed by atoms with E-state index >= 15 is 0 Å². The number of hydrogen-bond acceptors (Lipinski definition) is 6. The number of ether oxygens (including phenoxy) is 1. The Labute approximate surface area is 195 Å². The molecule has 8 nitrogen and oxygen atoms in total. The van der Waals surface area contributed by atoms with Gasteiger partial charge in [-0.3, -0.25) is 14.8 Å². The number of nitrogens with zero attached hydrogens (tertiary/aromatic N) is 3. The molecule has 0 saturated carbocycles. The molecule has 0 radical (unpaired) electrons. The van der Waals surface area contributed by atoms with E-state index in [0.717, 1.165) is 21.7 Å². The average molecular weight is 464 g/mol. The lowest BCUT2D eigenvalue weighted by atomic mass is 10.1. The van der Waals surface area contributed by atoms with E-state index in [0.29, 0.717) is 22.6 Å². The summed E-state index contributed by atoms with van der Waals surface area (Å²) < 4.78 is 6.95. The maximum Gasteiger partial charge on any atom is 0.412 e. The predicted octanol–water partition coefficient (Wildman–Crippen LogP) is 5.60. The molecule has 0 bridgehead atoms. The van der Waals surface area contributed by atoms with E-state index in [1.165, 1.54) is 0 Å². The number of carbonyl (C=O) groups excluding carboxylic acids is 2. The van der Waals surface area contributed by atoms with Crippen molar-refractivity contribution < 1.29 is 14.3 Å². The lowest BCUT2D eigenvalue weighted by Gasteiger charge is -2.19.